The molecule has 0 spiro atoms. The van der Waals surface area contributed by atoms with Gasteiger partial charge in [0.1, 0.15) is 11.6 Å². The fourth-order valence-electron chi connectivity index (χ4n) is 2.81. The van der Waals surface area contributed by atoms with E-state index in [9.17, 15) is 4.79 Å². The van der Waals surface area contributed by atoms with Crippen molar-refractivity contribution in [2.24, 2.45) is 0 Å². The molecule has 4 rings (SSSR count). The van der Waals surface area contributed by atoms with Crippen molar-refractivity contribution in [1.82, 2.24) is 14.4 Å². The van der Waals surface area contributed by atoms with Crippen molar-refractivity contribution >= 4 is 28.0 Å². The van der Waals surface area contributed by atoms with Crippen LogP contribution in [0.2, 0.25) is 0 Å². The summed E-state index contributed by atoms with van der Waals surface area (Å²) in [4.78, 5) is 22.1. The highest BCUT2D eigenvalue weighted by Crippen LogP contribution is 2.25. The number of rotatable bonds is 5. The standard InChI is InChI=1S/C20H18N4O2S/c1-13-7-8-21-18(9-13)23-19(25)10-15-12-27-20-22-17(11-24(15)20)14-3-5-16(26-2)6-4-14/h3-9,11-12H,10H2,1-2H3,(H,21,23,25). The molecule has 4 aromatic rings. The second-order valence-corrected chi connectivity index (χ2v) is 7.01. The van der Waals surface area contributed by atoms with E-state index < -0.39 is 0 Å². The topological polar surface area (TPSA) is 68.5 Å². The molecule has 0 aliphatic heterocycles. The zero-order chi connectivity index (χ0) is 18.8. The van der Waals surface area contributed by atoms with Crippen LogP contribution in [0.15, 0.2) is 54.2 Å². The van der Waals surface area contributed by atoms with Crippen molar-refractivity contribution in [2.75, 3.05) is 12.4 Å². The molecule has 0 saturated carbocycles. The minimum absolute atomic E-state index is 0.104. The molecule has 3 heterocycles. The number of nitrogens with one attached hydrogen (secondary N) is 1. The summed E-state index contributed by atoms with van der Waals surface area (Å²) in [7, 11) is 1.64. The molecule has 1 aromatic carbocycles. The molecular weight excluding hydrogens is 360 g/mol. The van der Waals surface area contributed by atoms with Crippen LogP contribution in [0.25, 0.3) is 16.2 Å². The van der Waals surface area contributed by atoms with Crippen molar-refractivity contribution in [3.8, 4) is 17.0 Å². The van der Waals surface area contributed by atoms with E-state index in [1.165, 1.54) is 11.3 Å². The van der Waals surface area contributed by atoms with E-state index in [0.717, 1.165) is 33.2 Å². The molecule has 1 N–H and O–H groups in total. The first-order valence-electron chi connectivity index (χ1n) is 8.45. The lowest BCUT2D eigenvalue weighted by molar-refractivity contribution is -0.115. The third kappa shape index (κ3) is 3.68. The van der Waals surface area contributed by atoms with Gasteiger partial charge in [-0.1, -0.05) is 0 Å². The van der Waals surface area contributed by atoms with Crippen molar-refractivity contribution in [3.63, 3.8) is 0 Å². The molecule has 0 radical (unpaired) electrons. The Balaban J connectivity index is 1.54. The molecule has 0 bridgehead atoms. The second kappa shape index (κ2) is 7.20. The third-order valence-electron chi connectivity index (χ3n) is 4.19. The van der Waals surface area contributed by atoms with E-state index in [4.69, 9.17) is 4.74 Å². The normalized spacial score (nSPS) is 10.9. The molecule has 0 unspecified atom stereocenters. The number of amides is 1. The largest absolute Gasteiger partial charge is 0.497 e. The van der Waals surface area contributed by atoms with Gasteiger partial charge in [0.2, 0.25) is 5.91 Å². The van der Waals surface area contributed by atoms with Gasteiger partial charge < -0.3 is 10.1 Å². The van der Waals surface area contributed by atoms with Gasteiger partial charge in [-0.2, -0.15) is 0 Å². The number of thiazole rings is 1. The number of pyridine rings is 1. The van der Waals surface area contributed by atoms with Gasteiger partial charge in [-0.15, -0.1) is 11.3 Å². The molecule has 1 amide bonds. The van der Waals surface area contributed by atoms with Crippen LogP contribution in [0, 0.1) is 6.92 Å². The number of nitrogens with zero attached hydrogens (tertiary/aromatic N) is 3. The number of benzene rings is 1. The first-order valence-corrected chi connectivity index (χ1v) is 9.33. The van der Waals surface area contributed by atoms with E-state index in [1.54, 1.807) is 13.3 Å². The Labute approximate surface area is 160 Å². The van der Waals surface area contributed by atoms with E-state index in [-0.39, 0.29) is 12.3 Å². The number of imidazole rings is 1. The van der Waals surface area contributed by atoms with Crippen LogP contribution < -0.4 is 10.1 Å². The molecule has 6 nitrogen and oxygen atoms in total. The number of ether oxygens (including phenoxy) is 1. The summed E-state index contributed by atoms with van der Waals surface area (Å²) in [5.74, 6) is 1.27. The van der Waals surface area contributed by atoms with Crippen LogP contribution in [0.4, 0.5) is 5.82 Å². The van der Waals surface area contributed by atoms with Gasteiger partial charge in [0.25, 0.3) is 0 Å². The number of aryl methyl sites for hydroxylation is 1. The van der Waals surface area contributed by atoms with Crippen LogP contribution >= 0.6 is 11.3 Å². The number of aromatic nitrogens is 3. The molecule has 27 heavy (non-hydrogen) atoms. The van der Waals surface area contributed by atoms with Crippen molar-refractivity contribution < 1.29 is 9.53 Å². The lowest BCUT2D eigenvalue weighted by atomic mass is 10.2. The Hall–Kier alpha value is -3.19. The first kappa shape index (κ1) is 17.2. The Morgan fingerprint density at radius 1 is 1.26 bits per heavy atom. The average Bonchev–Trinajstić information content (AvgIpc) is 3.24. The maximum absolute atomic E-state index is 12.4. The zero-order valence-electron chi connectivity index (χ0n) is 15.0. The molecule has 0 fully saturated rings. The Morgan fingerprint density at radius 3 is 2.81 bits per heavy atom. The number of carbonyl (C=O) groups is 1. The molecule has 136 valence electrons. The maximum atomic E-state index is 12.4. The third-order valence-corrected chi connectivity index (χ3v) is 5.08. The lowest BCUT2D eigenvalue weighted by Crippen LogP contribution is -2.16. The zero-order valence-corrected chi connectivity index (χ0v) is 15.8. The molecule has 0 aliphatic rings. The van der Waals surface area contributed by atoms with Crippen molar-refractivity contribution in [1.29, 1.82) is 0 Å². The number of carbonyl (C=O) groups excluding carboxylic acids is 1. The average molecular weight is 378 g/mol. The number of anilines is 1. The highest BCUT2D eigenvalue weighted by Gasteiger charge is 2.13. The summed E-state index contributed by atoms with van der Waals surface area (Å²) in [6.07, 6.45) is 3.90. The van der Waals surface area contributed by atoms with Gasteiger partial charge >= 0.3 is 0 Å². The number of hydrogen-bond acceptors (Lipinski definition) is 5. The summed E-state index contributed by atoms with van der Waals surface area (Å²) < 4.78 is 7.16. The van der Waals surface area contributed by atoms with Gasteiger partial charge in [0.05, 0.1) is 19.2 Å². The first-order chi connectivity index (χ1) is 13.1. The summed E-state index contributed by atoms with van der Waals surface area (Å²) in [6, 6.07) is 11.5. The number of methoxy groups -OCH3 is 1. The van der Waals surface area contributed by atoms with Gasteiger partial charge in [-0.3, -0.25) is 9.20 Å². The predicted octanol–water partition coefficient (Wildman–Crippen LogP) is 3.96. The highest BCUT2D eigenvalue weighted by molar-refractivity contribution is 7.15. The van der Waals surface area contributed by atoms with Crippen LogP contribution in [-0.4, -0.2) is 27.4 Å². The lowest BCUT2D eigenvalue weighted by Gasteiger charge is -2.04. The van der Waals surface area contributed by atoms with Gasteiger partial charge in [-0.05, 0) is 48.9 Å². The Morgan fingerprint density at radius 2 is 2.07 bits per heavy atom. The fourth-order valence-corrected chi connectivity index (χ4v) is 3.69. The molecular formula is C20H18N4O2S. The van der Waals surface area contributed by atoms with E-state index >= 15 is 0 Å². The van der Waals surface area contributed by atoms with Crippen LogP contribution in [0.1, 0.15) is 11.3 Å². The summed E-state index contributed by atoms with van der Waals surface area (Å²) in [5, 5.41) is 4.81. The van der Waals surface area contributed by atoms with E-state index in [2.05, 4.69) is 15.3 Å². The minimum atomic E-state index is -0.104. The SMILES string of the molecule is COc1ccc(-c2cn3c(CC(=O)Nc4cc(C)ccn4)csc3n2)cc1. The molecule has 3 aromatic heterocycles. The van der Waals surface area contributed by atoms with Crippen molar-refractivity contribution in [3.05, 3.63) is 65.4 Å². The van der Waals surface area contributed by atoms with Gasteiger partial charge in [0.15, 0.2) is 4.96 Å². The van der Waals surface area contributed by atoms with Crippen molar-refractivity contribution in [2.45, 2.75) is 13.3 Å². The molecule has 0 aliphatic carbocycles. The van der Waals surface area contributed by atoms with E-state index in [0.29, 0.717) is 5.82 Å². The van der Waals surface area contributed by atoms with Gasteiger partial charge in [-0.25, -0.2) is 9.97 Å². The quantitative estimate of drug-likeness (QED) is 0.571. The Bertz CT molecular complexity index is 1100. The molecule has 0 atom stereocenters. The summed E-state index contributed by atoms with van der Waals surface area (Å²) in [5.41, 5.74) is 3.82. The number of fused-ring (bicyclic) bond motifs is 1. The second-order valence-electron chi connectivity index (χ2n) is 6.18. The maximum Gasteiger partial charge on any atom is 0.231 e. The fraction of sp³-hybridized carbons (Fsp3) is 0.150. The molecule has 7 heteroatoms. The predicted molar refractivity (Wildman–Crippen MR) is 106 cm³/mol. The van der Waals surface area contributed by atoms with Crippen LogP contribution in [0.5, 0.6) is 5.75 Å². The van der Waals surface area contributed by atoms with Crippen LogP contribution in [0.3, 0.4) is 0 Å². The highest BCUT2D eigenvalue weighted by atomic mass is 32.1. The monoisotopic (exact) mass is 378 g/mol. The summed E-state index contributed by atoms with van der Waals surface area (Å²) >= 11 is 1.52. The van der Waals surface area contributed by atoms with Gasteiger partial charge in [0, 0.05) is 29.0 Å². The number of hydrogen-bond donors (Lipinski definition) is 1. The summed E-state index contributed by atoms with van der Waals surface area (Å²) in [6.45, 7) is 1.96. The van der Waals surface area contributed by atoms with E-state index in [1.807, 2.05) is 59.3 Å². The minimum Gasteiger partial charge on any atom is -0.497 e. The molecule has 0 saturated heterocycles. The smallest absolute Gasteiger partial charge is 0.231 e. The Kier molecular flexibility index (Phi) is 4.60. The van der Waals surface area contributed by atoms with Crippen LogP contribution in [-0.2, 0) is 11.2 Å².